The van der Waals surface area contributed by atoms with E-state index in [0.29, 0.717) is 34.6 Å². The first-order valence-corrected chi connectivity index (χ1v) is 9.52. The molecule has 0 saturated carbocycles. The Balaban J connectivity index is 1.64. The van der Waals surface area contributed by atoms with Crippen LogP contribution in [0.1, 0.15) is 20.7 Å². The zero-order valence-corrected chi connectivity index (χ0v) is 16.1. The fraction of sp³-hybridized carbons (Fsp3) is 0. The van der Waals surface area contributed by atoms with Gasteiger partial charge in [-0.3, -0.25) is 9.59 Å². The van der Waals surface area contributed by atoms with Crippen LogP contribution in [0.5, 0.6) is 11.5 Å². The molecule has 0 radical (unpaired) electrons. The molecule has 30 heavy (non-hydrogen) atoms. The maximum absolute atomic E-state index is 13.1. The zero-order chi connectivity index (χ0) is 20.8. The minimum Gasteiger partial charge on any atom is -0.457 e. The van der Waals surface area contributed by atoms with Crippen LogP contribution in [0.15, 0.2) is 103 Å². The van der Waals surface area contributed by atoms with E-state index in [1.807, 2.05) is 78.9 Å². The summed E-state index contributed by atoms with van der Waals surface area (Å²) in [4.78, 5) is 24.6. The summed E-state index contributed by atoms with van der Waals surface area (Å²) >= 11 is 0. The molecule has 146 valence electrons. The monoisotopic (exact) mass is 393 g/mol. The van der Waals surface area contributed by atoms with Crippen LogP contribution in [0.2, 0.25) is 0 Å². The smallest absolute Gasteiger partial charge is 0.256 e. The molecular weight excluding hydrogens is 374 g/mol. The number of carbonyl (C=O) groups excluding carboxylic acids is 2. The fourth-order valence-electron chi connectivity index (χ4n) is 3.17. The van der Waals surface area contributed by atoms with Crippen LogP contribution in [-0.4, -0.2) is 12.2 Å². The molecule has 4 rings (SSSR count). The SMILES string of the molecule is O=Cc1ccc(Oc2ccccc2)cc1NC(=O)c1ccccc1-c1ccccc1. The van der Waals surface area contributed by atoms with Crippen LogP contribution >= 0.6 is 0 Å². The van der Waals surface area contributed by atoms with Gasteiger partial charge in [0.05, 0.1) is 5.69 Å². The Labute approximate surface area is 174 Å². The second-order valence-corrected chi connectivity index (χ2v) is 6.65. The Kier molecular flexibility index (Phi) is 5.67. The van der Waals surface area contributed by atoms with E-state index in [0.717, 1.165) is 11.1 Å². The van der Waals surface area contributed by atoms with Crippen LogP contribution in [0.4, 0.5) is 5.69 Å². The van der Waals surface area contributed by atoms with Crippen LogP contribution in [-0.2, 0) is 0 Å². The summed E-state index contributed by atoms with van der Waals surface area (Å²) in [5.74, 6) is 0.899. The molecule has 4 heteroatoms. The highest BCUT2D eigenvalue weighted by atomic mass is 16.5. The first-order valence-electron chi connectivity index (χ1n) is 9.52. The van der Waals surface area contributed by atoms with Gasteiger partial charge in [-0.2, -0.15) is 0 Å². The first kappa shape index (κ1) is 19.2. The second kappa shape index (κ2) is 8.88. The number of para-hydroxylation sites is 1. The summed E-state index contributed by atoms with van der Waals surface area (Å²) in [6.07, 6.45) is 0.713. The fourth-order valence-corrected chi connectivity index (χ4v) is 3.17. The highest BCUT2D eigenvalue weighted by Crippen LogP contribution is 2.28. The molecule has 1 N–H and O–H groups in total. The maximum Gasteiger partial charge on any atom is 0.256 e. The number of amides is 1. The minimum atomic E-state index is -0.297. The van der Waals surface area contributed by atoms with Crippen molar-refractivity contribution >= 4 is 17.9 Å². The predicted molar refractivity (Wildman–Crippen MR) is 118 cm³/mol. The van der Waals surface area contributed by atoms with Gasteiger partial charge in [-0.1, -0.05) is 66.7 Å². The highest BCUT2D eigenvalue weighted by Gasteiger charge is 2.15. The van der Waals surface area contributed by atoms with E-state index in [9.17, 15) is 9.59 Å². The highest BCUT2D eigenvalue weighted by molar-refractivity contribution is 6.10. The van der Waals surface area contributed by atoms with Gasteiger partial charge in [0.2, 0.25) is 0 Å². The lowest BCUT2D eigenvalue weighted by molar-refractivity contribution is 0.102. The van der Waals surface area contributed by atoms with Gasteiger partial charge in [-0.15, -0.1) is 0 Å². The molecule has 0 aromatic heterocycles. The topological polar surface area (TPSA) is 55.4 Å². The van der Waals surface area contributed by atoms with Gasteiger partial charge < -0.3 is 10.1 Å². The number of anilines is 1. The summed E-state index contributed by atoms with van der Waals surface area (Å²) < 4.78 is 5.83. The van der Waals surface area contributed by atoms with Crippen LogP contribution in [0.25, 0.3) is 11.1 Å². The molecule has 1 amide bonds. The summed E-state index contributed by atoms with van der Waals surface area (Å²) in [7, 11) is 0. The lowest BCUT2D eigenvalue weighted by Gasteiger charge is -2.13. The number of hydrogen-bond acceptors (Lipinski definition) is 3. The largest absolute Gasteiger partial charge is 0.457 e. The Morgan fingerprint density at radius 3 is 2.13 bits per heavy atom. The number of carbonyl (C=O) groups is 2. The quantitative estimate of drug-likeness (QED) is 0.396. The van der Waals surface area contributed by atoms with Crippen molar-refractivity contribution in [2.24, 2.45) is 0 Å². The molecule has 0 atom stereocenters. The second-order valence-electron chi connectivity index (χ2n) is 6.65. The van der Waals surface area contributed by atoms with Crippen LogP contribution in [0, 0.1) is 0 Å². The van der Waals surface area contributed by atoms with E-state index < -0.39 is 0 Å². The van der Waals surface area contributed by atoms with Crippen molar-refractivity contribution in [2.45, 2.75) is 0 Å². The summed E-state index contributed by atoms with van der Waals surface area (Å²) in [6.45, 7) is 0. The van der Waals surface area contributed by atoms with Crippen molar-refractivity contribution < 1.29 is 14.3 Å². The molecule has 0 bridgehead atoms. The van der Waals surface area contributed by atoms with Gasteiger partial charge >= 0.3 is 0 Å². The Morgan fingerprint density at radius 1 is 0.733 bits per heavy atom. The van der Waals surface area contributed by atoms with Crippen molar-refractivity contribution in [1.29, 1.82) is 0 Å². The third-order valence-corrected chi connectivity index (χ3v) is 4.64. The van der Waals surface area contributed by atoms with Gasteiger partial charge in [0, 0.05) is 17.2 Å². The third kappa shape index (κ3) is 4.28. The molecule has 0 saturated heterocycles. The summed E-state index contributed by atoms with van der Waals surface area (Å²) in [5, 5.41) is 2.86. The summed E-state index contributed by atoms with van der Waals surface area (Å²) in [5.41, 5.74) is 3.06. The minimum absolute atomic E-state index is 0.297. The molecule has 0 aliphatic heterocycles. The Bertz CT molecular complexity index is 1170. The van der Waals surface area contributed by atoms with Gasteiger partial charge in [0.15, 0.2) is 6.29 Å². The average molecular weight is 393 g/mol. The normalized spacial score (nSPS) is 10.3. The van der Waals surface area contributed by atoms with E-state index in [1.165, 1.54) is 0 Å². The van der Waals surface area contributed by atoms with Crippen molar-refractivity contribution in [3.8, 4) is 22.6 Å². The van der Waals surface area contributed by atoms with Crippen molar-refractivity contribution in [1.82, 2.24) is 0 Å². The maximum atomic E-state index is 13.1. The molecule has 4 nitrogen and oxygen atoms in total. The van der Waals surface area contributed by atoms with Crippen molar-refractivity contribution in [3.63, 3.8) is 0 Å². The van der Waals surface area contributed by atoms with E-state index in [1.54, 1.807) is 24.3 Å². The predicted octanol–water partition coefficient (Wildman–Crippen LogP) is 6.21. The number of benzene rings is 4. The van der Waals surface area contributed by atoms with Gasteiger partial charge in [-0.05, 0) is 41.5 Å². The number of hydrogen-bond donors (Lipinski definition) is 1. The number of ether oxygens (including phenoxy) is 1. The molecule has 4 aromatic carbocycles. The molecule has 4 aromatic rings. The zero-order valence-electron chi connectivity index (χ0n) is 16.1. The van der Waals surface area contributed by atoms with E-state index in [2.05, 4.69) is 5.32 Å². The van der Waals surface area contributed by atoms with Crippen LogP contribution < -0.4 is 10.1 Å². The Morgan fingerprint density at radius 2 is 1.40 bits per heavy atom. The molecule has 0 heterocycles. The molecule has 0 unspecified atom stereocenters. The van der Waals surface area contributed by atoms with E-state index >= 15 is 0 Å². The van der Waals surface area contributed by atoms with E-state index in [4.69, 9.17) is 4.74 Å². The molecular formula is C26H19NO3. The third-order valence-electron chi connectivity index (χ3n) is 4.64. The number of aldehydes is 1. The molecule has 0 aliphatic carbocycles. The lowest BCUT2D eigenvalue weighted by atomic mass is 9.99. The van der Waals surface area contributed by atoms with Crippen molar-refractivity contribution in [2.75, 3.05) is 5.32 Å². The summed E-state index contributed by atoms with van der Waals surface area (Å²) in [6, 6.07) is 31.4. The molecule has 0 spiro atoms. The van der Waals surface area contributed by atoms with Gasteiger partial charge in [-0.25, -0.2) is 0 Å². The first-order chi connectivity index (χ1) is 14.7. The van der Waals surface area contributed by atoms with Gasteiger partial charge in [0.25, 0.3) is 5.91 Å². The number of nitrogens with one attached hydrogen (secondary N) is 1. The van der Waals surface area contributed by atoms with Gasteiger partial charge in [0.1, 0.15) is 11.5 Å². The number of rotatable bonds is 6. The average Bonchev–Trinajstić information content (AvgIpc) is 2.80. The van der Waals surface area contributed by atoms with Crippen molar-refractivity contribution in [3.05, 3.63) is 114 Å². The van der Waals surface area contributed by atoms with Crippen LogP contribution in [0.3, 0.4) is 0 Å². The molecule has 0 fully saturated rings. The standard InChI is InChI=1S/C26H19NO3/c28-18-20-15-16-22(30-21-11-5-2-6-12-21)17-25(20)27-26(29)24-14-8-7-13-23(24)19-9-3-1-4-10-19/h1-18H,(H,27,29). The van der Waals surface area contributed by atoms with E-state index in [-0.39, 0.29) is 5.91 Å². The molecule has 0 aliphatic rings. The lowest BCUT2D eigenvalue weighted by Crippen LogP contribution is -2.14. The Hall–Kier alpha value is -4.18.